The molecule has 0 aliphatic carbocycles. The van der Waals surface area contributed by atoms with E-state index in [0.717, 1.165) is 12.8 Å². The molecule has 3 heteroatoms. The van der Waals surface area contributed by atoms with Crippen molar-refractivity contribution in [2.24, 2.45) is 5.41 Å². The van der Waals surface area contributed by atoms with Gasteiger partial charge in [-0.25, -0.2) is 4.79 Å². The smallest absolute Gasteiger partial charge is 0.407 e. The van der Waals surface area contributed by atoms with Crippen molar-refractivity contribution in [3.63, 3.8) is 0 Å². The Balaban J connectivity index is 2.38. The van der Waals surface area contributed by atoms with E-state index in [1.54, 1.807) is 0 Å². The molecule has 0 saturated heterocycles. The van der Waals surface area contributed by atoms with Crippen LogP contribution < -0.4 is 5.32 Å². The molecule has 0 aliphatic rings. The van der Waals surface area contributed by atoms with Crippen LogP contribution in [0.2, 0.25) is 0 Å². The Hall–Kier alpha value is -1.51. The molecule has 0 radical (unpaired) electrons. The number of ether oxygens (including phenoxy) is 1. The number of hydrogen-bond donors (Lipinski definition) is 1. The third kappa shape index (κ3) is 8.38. The van der Waals surface area contributed by atoms with E-state index >= 15 is 0 Å². The molecule has 0 spiro atoms. The highest BCUT2D eigenvalue weighted by Gasteiger charge is 2.15. The second-order valence-corrected chi connectivity index (χ2v) is 7.73. The molecule has 0 saturated carbocycles. The van der Waals surface area contributed by atoms with Gasteiger partial charge in [0.15, 0.2) is 0 Å². The lowest BCUT2D eigenvalue weighted by Crippen LogP contribution is -2.33. The van der Waals surface area contributed by atoms with E-state index in [-0.39, 0.29) is 6.09 Å². The summed E-state index contributed by atoms with van der Waals surface area (Å²) in [5, 5.41) is 2.78. The highest BCUT2D eigenvalue weighted by atomic mass is 16.6. The summed E-state index contributed by atoms with van der Waals surface area (Å²) in [5.41, 5.74) is 2.44. The minimum absolute atomic E-state index is 0.305. The van der Waals surface area contributed by atoms with E-state index < -0.39 is 5.60 Å². The molecule has 3 nitrogen and oxygen atoms in total. The van der Waals surface area contributed by atoms with Crippen LogP contribution in [0.15, 0.2) is 24.3 Å². The minimum Gasteiger partial charge on any atom is -0.444 e. The maximum Gasteiger partial charge on any atom is 0.407 e. The summed E-state index contributed by atoms with van der Waals surface area (Å²) < 4.78 is 5.20. The summed E-state index contributed by atoms with van der Waals surface area (Å²) in [6, 6.07) is 8.62. The van der Waals surface area contributed by atoms with Gasteiger partial charge in [-0.1, -0.05) is 45.0 Å². The van der Waals surface area contributed by atoms with Crippen LogP contribution in [0.3, 0.4) is 0 Å². The SMILES string of the molecule is CC(C)(C)Cc1ccc(CCNC(=O)OC(C)(C)C)cc1. The molecule has 118 valence electrons. The molecule has 0 fully saturated rings. The topological polar surface area (TPSA) is 38.3 Å². The standard InChI is InChI=1S/C18H29NO2/c1-17(2,3)13-15-9-7-14(8-10-15)11-12-19-16(20)21-18(4,5)6/h7-10H,11-13H2,1-6H3,(H,19,20). The Morgan fingerprint density at radius 1 is 1.00 bits per heavy atom. The summed E-state index contributed by atoms with van der Waals surface area (Å²) >= 11 is 0. The summed E-state index contributed by atoms with van der Waals surface area (Å²) in [7, 11) is 0. The fraction of sp³-hybridized carbons (Fsp3) is 0.611. The van der Waals surface area contributed by atoms with Crippen molar-refractivity contribution in [1.82, 2.24) is 5.32 Å². The number of nitrogens with one attached hydrogen (secondary N) is 1. The van der Waals surface area contributed by atoms with Crippen LogP contribution in [-0.4, -0.2) is 18.2 Å². The molecule has 0 atom stereocenters. The lowest BCUT2D eigenvalue weighted by atomic mass is 9.88. The van der Waals surface area contributed by atoms with Crippen LogP contribution >= 0.6 is 0 Å². The lowest BCUT2D eigenvalue weighted by Gasteiger charge is -2.19. The first kappa shape index (κ1) is 17.5. The van der Waals surface area contributed by atoms with Gasteiger partial charge in [0.25, 0.3) is 0 Å². The summed E-state index contributed by atoms with van der Waals surface area (Å²) in [6.07, 6.45) is 1.53. The van der Waals surface area contributed by atoms with Gasteiger partial charge in [-0.15, -0.1) is 0 Å². The summed E-state index contributed by atoms with van der Waals surface area (Å²) in [5.74, 6) is 0. The number of rotatable bonds is 4. The molecule has 1 amide bonds. The van der Waals surface area contributed by atoms with Gasteiger partial charge < -0.3 is 10.1 Å². The van der Waals surface area contributed by atoms with Crippen LogP contribution in [0.25, 0.3) is 0 Å². The van der Waals surface area contributed by atoms with Gasteiger partial charge in [-0.2, -0.15) is 0 Å². The molecular weight excluding hydrogens is 262 g/mol. The minimum atomic E-state index is -0.446. The summed E-state index contributed by atoms with van der Waals surface area (Å²) in [4.78, 5) is 11.5. The van der Waals surface area contributed by atoms with Crippen LogP contribution in [0, 0.1) is 5.41 Å². The van der Waals surface area contributed by atoms with Crippen LogP contribution in [0.1, 0.15) is 52.7 Å². The van der Waals surface area contributed by atoms with Crippen molar-refractivity contribution < 1.29 is 9.53 Å². The Morgan fingerprint density at radius 2 is 1.52 bits per heavy atom. The molecule has 0 aromatic heterocycles. The molecule has 1 aromatic rings. The Bertz CT molecular complexity index is 450. The number of carbonyl (C=O) groups excluding carboxylic acids is 1. The molecular formula is C18H29NO2. The maximum absolute atomic E-state index is 11.5. The first-order valence-electron chi connectivity index (χ1n) is 7.60. The fourth-order valence-corrected chi connectivity index (χ4v) is 2.06. The van der Waals surface area contributed by atoms with Crippen molar-refractivity contribution in [3.05, 3.63) is 35.4 Å². The zero-order chi connectivity index (χ0) is 16.1. The fourth-order valence-electron chi connectivity index (χ4n) is 2.06. The lowest BCUT2D eigenvalue weighted by molar-refractivity contribution is 0.0528. The third-order valence-corrected chi connectivity index (χ3v) is 2.84. The van der Waals surface area contributed by atoms with Gasteiger partial charge in [0.2, 0.25) is 0 Å². The normalized spacial score (nSPS) is 12.1. The van der Waals surface area contributed by atoms with Crippen molar-refractivity contribution in [2.75, 3.05) is 6.54 Å². The zero-order valence-corrected chi connectivity index (χ0v) is 14.2. The van der Waals surface area contributed by atoms with E-state index in [1.165, 1.54) is 11.1 Å². The summed E-state index contributed by atoms with van der Waals surface area (Å²) in [6.45, 7) is 12.9. The second-order valence-electron chi connectivity index (χ2n) is 7.73. The molecule has 1 N–H and O–H groups in total. The van der Waals surface area contributed by atoms with Crippen LogP contribution in [0.5, 0.6) is 0 Å². The first-order chi connectivity index (χ1) is 9.55. The van der Waals surface area contributed by atoms with E-state index in [0.29, 0.717) is 12.0 Å². The maximum atomic E-state index is 11.5. The van der Waals surface area contributed by atoms with Crippen molar-refractivity contribution in [2.45, 2.75) is 60.0 Å². The highest BCUT2D eigenvalue weighted by Crippen LogP contribution is 2.20. The number of benzene rings is 1. The van der Waals surface area contributed by atoms with Crippen molar-refractivity contribution in [1.29, 1.82) is 0 Å². The predicted molar refractivity (Wildman–Crippen MR) is 87.5 cm³/mol. The number of amides is 1. The quantitative estimate of drug-likeness (QED) is 0.896. The molecule has 21 heavy (non-hydrogen) atoms. The predicted octanol–water partition coefficient (Wildman–Crippen LogP) is 4.34. The Labute approximate surface area is 129 Å². The first-order valence-corrected chi connectivity index (χ1v) is 7.60. The number of alkyl carbamates (subject to hydrolysis) is 1. The second kappa shape index (κ2) is 6.97. The van der Waals surface area contributed by atoms with Gasteiger partial charge in [-0.3, -0.25) is 0 Å². The Kier molecular flexibility index (Phi) is 5.82. The van der Waals surface area contributed by atoms with E-state index in [9.17, 15) is 4.79 Å². The van der Waals surface area contributed by atoms with Crippen molar-refractivity contribution in [3.8, 4) is 0 Å². The highest BCUT2D eigenvalue weighted by molar-refractivity contribution is 5.67. The number of carbonyl (C=O) groups is 1. The molecule has 0 unspecified atom stereocenters. The van der Waals surface area contributed by atoms with Crippen molar-refractivity contribution >= 4 is 6.09 Å². The molecule has 1 rings (SSSR count). The van der Waals surface area contributed by atoms with Gasteiger partial charge in [0, 0.05) is 6.54 Å². The van der Waals surface area contributed by atoms with Crippen LogP contribution in [0.4, 0.5) is 4.79 Å². The average molecular weight is 291 g/mol. The molecule has 0 heterocycles. The van der Waals surface area contributed by atoms with Crippen LogP contribution in [-0.2, 0) is 17.6 Å². The third-order valence-electron chi connectivity index (χ3n) is 2.84. The monoisotopic (exact) mass is 291 g/mol. The number of hydrogen-bond acceptors (Lipinski definition) is 2. The molecule has 1 aromatic carbocycles. The van der Waals surface area contributed by atoms with E-state index in [1.807, 2.05) is 20.8 Å². The van der Waals surface area contributed by atoms with Gasteiger partial charge in [0.1, 0.15) is 5.60 Å². The van der Waals surface area contributed by atoms with Gasteiger partial charge in [0.05, 0.1) is 0 Å². The Morgan fingerprint density at radius 3 is 2.00 bits per heavy atom. The zero-order valence-electron chi connectivity index (χ0n) is 14.2. The van der Waals surface area contributed by atoms with E-state index in [4.69, 9.17) is 4.74 Å². The van der Waals surface area contributed by atoms with Gasteiger partial charge in [-0.05, 0) is 50.2 Å². The average Bonchev–Trinajstić information content (AvgIpc) is 2.27. The molecule has 0 aliphatic heterocycles. The largest absolute Gasteiger partial charge is 0.444 e. The molecule has 0 bridgehead atoms. The van der Waals surface area contributed by atoms with E-state index in [2.05, 4.69) is 50.4 Å². The van der Waals surface area contributed by atoms with Gasteiger partial charge >= 0.3 is 6.09 Å².